The van der Waals surface area contributed by atoms with E-state index in [0.717, 1.165) is 23.2 Å². The second-order valence-electron chi connectivity index (χ2n) is 5.56. The average molecular weight is 426 g/mol. The summed E-state index contributed by atoms with van der Waals surface area (Å²) < 4.78 is 11.4. The van der Waals surface area contributed by atoms with E-state index in [4.69, 9.17) is 21.1 Å². The number of morpholine rings is 1. The Morgan fingerprint density at radius 1 is 1.24 bits per heavy atom. The van der Waals surface area contributed by atoms with Crippen LogP contribution < -0.4 is 15.0 Å². The van der Waals surface area contributed by atoms with E-state index in [9.17, 15) is 4.79 Å². The first-order valence-corrected chi connectivity index (χ1v) is 9.02. The molecule has 1 amide bonds. The fraction of sp³-hybridized carbons (Fsp3) is 0.278. The topological polar surface area (TPSA) is 50.8 Å². The lowest BCUT2D eigenvalue weighted by atomic mass is 10.1. The number of nitrogens with one attached hydrogen (secondary N) is 1. The van der Waals surface area contributed by atoms with E-state index < -0.39 is 0 Å². The number of anilines is 2. The number of rotatable bonds is 4. The zero-order chi connectivity index (χ0) is 17.8. The summed E-state index contributed by atoms with van der Waals surface area (Å²) in [5.74, 6) is 0.255. The first-order valence-electron chi connectivity index (χ1n) is 7.85. The van der Waals surface area contributed by atoms with Gasteiger partial charge in [-0.1, -0.05) is 27.5 Å². The van der Waals surface area contributed by atoms with Crippen molar-refractivity contribution in [1.82, 2.24) is 0 Å². The number of carbonyl (C=O) groups excluding carboxylic acids is 1. The number of ether oxygens (including phenoxy) is 2. The molecule has 7 heteroatoms. The average Bonchev–Trinajstić information content (AvgIpc) is 2.62. The summed E-state index contributed by atoms with van der Waals surface area (Å²) in [7, 11) is 1.54. The molecule has 0 unspecified atom stereocenters. The Kier molecular flexibility index (Phi) is 5.83. The molecule has 1 fully saturated rings. The first kappa shape index (κ1) is 18.0. The van der Waals surface area contributed by atoms with Crippen LogP contribution in [0.1, 0.15) is 10.4 Å². The summed E-state index contributed by atoms with van der Waals surface area (Å²) in [6.07, 6.45) is 0. The molecule has 2 aromatic rings. The molecule has 1 N–H and O–H groups in total. The lowest BCUT2D eigenvalue weighted by Gasteiger charge is -2.29. The van der Waals surface area contributed by atoms with E-state index in [1.54, 1.807) is 18.2 Å². The second-order valence-corrected chi connectivity index (χ2v) is 6.89. The Morgan fingerprint density at radius 2 is 2.00 bits per heavy atom. The van der Waals surface area contributed by atoms with Crippen LogP contribution in [-0.4, -0.2) is 39.3 Å². The number of hydrogen-bond donors (Lipinski definition) is 1. The molecule has 1 aliphatic rings. The van der Waals surface area contributed by atoms with Crippen molar-refractivity contribution < 1.29 is 14.3 Å². The SMILES string of the molecule is COc1ccc(Br)cc1C(=O)Nc1ccc(N2CCOCC2)c(Cl)c1. The van der Waals surface area contributed by atoms with Crippen LogP contribution in [0.4, 0.5) is 11.4 Å². The number of carbonyl (C=O) groups is 1. The number of nitrogens with zero attached hydrogens (tertiary/aromatic N) is 1. The third-order valence-electron chi connectivity index (χ3n) is 3.96. The molecule has 1 saturated heterocycles. The molecule has 132 valence electrons. The molecule has 1 heterocycles. The van der Waals surface area contributed by atoms with Crippen molar-refractivity contribution in [2.75, 3.05) is 43.6 Å². The van der Waals surface area contributed by atoms with E-state index in [1.807, 2.05) is 18.2 Å². The molecular weight excluding hydrogens is 408 g/mol. The minimum atomic E-state index is -0.256. The highest BCUT2D eigenvalue weighted by molar-refractivity contribution is 9.10. The predicted molar refractivity (Wildman–Crippen MR) is 103 cm³/mol. The molecule has 5 nitrogen and oxygen atoms in total. The summed E-state index contributed by atoms with van der Waals surface area (Å²) in [5, 5.41) is 3.46. The van der Waals surface area contributed by atoms with E-state index in [0.29, 0.717) is 35.2 Å². The third-order valence-corrected chi connectivity index (χ3v) is 4.76. The van der Waals surface area contributed by atoms with E-state index in [2.05, 4.69) is 26.1 Å². The largest absolute Gasteiger partial charge is 0.496 e. The minimum Gasteiger partial charge on any atom is -0.496 e. The van der Waals surface area contributed by atoms with Crippen molar-refractivity contribution in [2.45, 2.75) is 0 Å². The van der Waals surface area contributed by atoms with Crippen molar-refractivity contribution in [3.8, 4) is 5.75 Å². The molecule has 0 atom stereocenters. The summed E-state index contributed by atoms with van der Waals surface area (Å²) >= 11 is 9.78. The van der Waals surface area contributed by atoms with Gasteiger partial charge in [-0.2, -0.15) is 0 Å². The summed E-state index contributed by atoms with van der Waals surface area (Å²) in [5.41, 5.74) is 2.03. The molecule has 3 rings (SSSR count). The van der Waals surface area contributed by atoms with E-state index in [1.165, 1.54) is 7.11 Å². The van der Waals surface area contributed by atoms with Crippen LogP contribution in [0.3, 0.4) is 0 Å². The van der Waals surface area contributed by atoms with E-state index in [-0.39, 0.29) is 5.91 Å². The molecular formula is C18H18BrClN2O3. The van der Waals surface area contributed by atoms with E-state index >= 15 is 0 Å². The van der Waals surface area contributed by atoms with Gasteiger partial charge in [0.2, 0.25) is 0 Å². The Balaban J connectivity index is 1.78. The zero-order valence-corrected chi connectivity index (χ0v) is 16.1. The van der Waals surface area contributed by atoms with Gasteiger partial charge in [-0.3, -0.25) is 4.79 Å². The van der Waals surface area contributed by atoms with Crippen LogP contribution >= 0.6 is 27.5 Å². The van der Waals surface area contributed by atoms with Gasteiger partial charge in [0.25, 0.3) is 5.91 Å². The second kappa shape index (κ2) is 8.08. The number of amides is 1. The summed E-state index contributed by atoms with van der Waals surface area (Å²) in [6, 6.07) is 10.8. The van der Waals surface area contributed by atoms with Gasteiger partial charge in [0, 0.05) is 23.2 Å². The zero-order valence-electron chi connectivity index (χ0n) is 13.7. The molecule has 0 radical (unpaired) electrons. The minimum absolute atomic E-state index is 0.256. The summed E-state index contributed by atoms with van der Waals surface area (Å²) in [4.78, 5) is 14.7. The molecule has 1 aliphatic heterocycles. The van der Waals surface area contributed by atoms with Crippen molar-refractivity contribution in [2.24, 2.45) is 0 Å². The third kappa shape index (κ3) is 4.26. The standard InChI is InChI=1S/C18H18BrClN2O3/c1-24-17-5-2-12(19)10-14(17)18(23)21-13-3-4-16(15(20)11-13)22-6-8-25-9-7-22/h2-5,10-11H,6-9H2,1H3,(H,21,23). The Labute approximate surface area is 160 Å². The van der Waals surface area contributed by atoms with Crippen LogP contribution in [0.2, 0.25) is 5.02 Å². The van der Waals surface area contributed by atoms with Crippen molar-refractivity contribution in [3.05, 3.63) is 51.5 Å². The number of hydrogen-bond acceptors (Lipinski definition) is 4. The predicted octanol–water partition coefficient (Wildman–Crippen LogP) is 4.20. The molecule has 0 aliphatic carbocycles. The molecule has 0 bridgehead atoms. The highest BCUT2D eigenvalue weighted by Gasteiger charge is 2.16. The van der Waals surface area contributed by atoms with Crippen LogP contribution in [0.15, 0.2) is 40.9 Å². The Bertz CT molecular complexity index is 779. The van der Waals surface area contributed by atoms with Gasteiger partial charge in [0.1, 0.15) is 5.75 Å². The normalized spacial score (nSPS) is 14.3. The van der Waals surface area contributed by atoms with Crippen LogP contribution in [-0.2, 0) is 4.74 Å². The van der Waals surface area contributed by atoms with Crippen LogP contribution in [0.5, 0.6) is 5.75 Å². The van der Waals surface area contributed by atoms with Crippen molar-refractivity contribution >= 4 is 44.8 Å². The first-order chi connectivity index (χ1) is 12.1. The Hall–Kier alpha value is -1.76. The van der Waals surface area contributed by atoms with Gasteiger partial charge in [-0.15, -0.1) is 0 Å². The maximum absolute atomic E-state index is 12.6. The van der Waals surface area contributed by atoms with Crippen molar-refractivity contribution in [3.63, 3.8) is 0 Å². The van der Waals surface area contributed by atoms with Crippen LogP contribution in [0, 0.1) is 0 Å². The molecule has 0 aromatic heterocycles. The molecule has 0 spiro atoms. The fourth-order valence-corrected chi connectivity index (χ4v) is 3.36. The highest BCUT2D eigenvalue weighted by atomic mass is 79.9. The quantitative estimate of drug-likeness (QED) is 0.798. The van der Waals surface area contributed by atoms with Gasteiger partial charge in [-0.05, 0) is 36.4 Å². The highest BCUT2D eigenvalue weighted by Crippen LogP contribution is 2.30. The number of methoxy groups -OCH3 is 1. The molecule has 2 aromatic carbocycles. The monoisotopic (exact) mass is 424 g/mol. The lowest BCUT2D eigenvalue weighted by Crippen LogP contribution is -2.36. The van der Waals surface area contributed by atoms with Gasteiger partial charge in [0.05, 0.1) is 36.6 Å². The fourth-order valence-electron chi connectivity index (χ4n) is 2.70. The van der Waals surface area contributed by atoms with Gasteiger partial charge < -0.3 is 19.7 Å². The van der Waals surface area contributed by atoms with Gasteiger partial charge >= 0.3 is 0 Å². The number of halogens is 2. The maximum atomic E-state index is 12.6. The van der Waals surface area contributed by atoms with Crippen molar-refractivity contribution in [1.29, 1.82) is 0 Å². The molecule has 25 heavy (non-hydrogen) atoms. The van der Waals surface area contributed by atoms with Crippen LogP contribution in [0.25, 0.3) is 0 Å². The lowest BCUT2D eigenvalue weighted by molar-refractivity contribution is 0.102. The Morgan fingerprint density at radius 3 is 2.68 bits per heavy atom. The molecule has 0 saturated carbocycles. The summed E-state index contributed by atoms with van der Waals surface area (Å²) in [6.45, 7) is 3.00. The maximum Gasteiger partial charge on any atom is 0.259 e. The van der Waals surface area contributed by atoms with Gasteiger partial charge in [0.15, 0.2) is 0 Å². The number of benzene rings is 2. The van der Waals surface area contributed by atoms with Gasteiger partial charge in [-0.25, -0.2) is 0 Å². The smallest absolute Gasteiger partial charge is 0.259 e.